The molecule has 1 aliphatic rings. The average molecular weight is 263 g/mol. The highest BCUT2D eigenvalue weighted by molar-refractivity contribution is 5.77. The van der Waals surface area contributed by atoms with E-state index < -0.39 is 0 Å². The summed E-state index contributed by atoms with van der Waals surface area (Å²) in [6.07, 6.45) is 4.41. The maximum Gasteiger partial charge on any atom is 0.315 e. The molecule has 0 spiro atoms. The Labute approximate surface area is 113 Å². The van der Waals surface area contributed by atoms with Gasteiger partial charge in [-0.25, -0.2) is 0 Å². The molecule has 2 rings (SSSR count). The summed E-state index contributed by atoms with van der Waals surface area (Å²) in [6.45, 7) is 2.79. The van der Waals surface area contributed by atoms with Crippen molar-refractivity contribution in [1.82, 2.24) is 0 Å². The van der Waals surface area contributed by atoms with Gasteiger partial charge in [0.1, 0.15) is 11.4 Å². The van der Waals surface area contributed by atoms with Crippen LogP contribution in [0.5, 0.6) is 0 Å². The minimum atomic E-state index is -0.275. The van der Waals surface area contributed by atoms with Crippen LogP contribution in [0.2, 0.25) is 0 Å². The topological polar surface area (TPSA) is 58.4 Å². The average Bonchev–Trinajstić information content (AvgIpc) is 2.33. The summed E-state index contributed by atoms with van der Waals surface area (Å²) in [5.41, 5.74) is 1.54. The number of benzene rings is 1. The second-order valence-electron chi connectivity index (χ2n) is 5.05. The van der Waals surface area contributed by atoms with Crippen LogP contribution in [0.15, 0.2) is 18.2 Å². The number of nitro benzene ring substituents is 1. The largest absolute Gasteiger partial charge is 0.379 e. The van der Waals surface area contributed by atoms with Gasteiger partial charge in [-0.1, -0.05) is 13.0 Å². The number of nitrogens with zero attached hydrogens (tertiary/aromatic N) is 2. The third-order valence-corrected chi connectivity index (χ3v) is 3.77. The molecule has 19 heavy (non-hydrogen) atoms. The van der Waals surface area contributed by atoms with Crippen LogP contribution in [0.1, 0.15) is 32.6 Å². The third kappa shape index (κ3) is 2.80. The second-order valence-corrected chi connectivity index (χ2v) is 5.05. The van der Waals surface area contributed by atoms with E-state index in [1.165, 1.54) is 6.42 Å². The molecule has 0 radical (unpaired) electrons. The molecule has 104 valence electrons. The maximum absolute atomic E-state index is 11.4. The van der Waals surface area contributed by atoms with Gasteiger partial charge in [0.25, 0.3) is 0 Å². The van der Waals surface area contributed by atoms with E-state index in [2.05, 4.69) is 10.2 Å². The molecular weight excluding hydrogens is 242 g/mol. The van der Waals surface area contributed by atoms with Crippen molar-refractivity contribution in [2.45, 2.75) is 38.6 Å². The Bertz CT molecular complexity index is 458. The summed E-state index contributed by atoms with van der Waals surface area (Å²) in [4.78, 5) is 13.2. The van der Waals surface area contributed by atoms with Crippen molar-refractivity contribution < 1.29 is 4.92 Å². The number of hydrogen-bond acceptors (Lipinski definition) is 4. The van der Waals surface area contributed by atoms with Gasteiger partial charge in [-0.3, -0.25) is 10.1 Å². The van der Waals surface area contributed by atoms with Crippen molar-refractivity contribution in [2.24, 2.45) is 0 Å². The Balaban J connectivity index is 2.32. The van der Waals surface area contributed by atoms with Crippen LogP contribution in [0.3, 0.4) is 0 Å². The molecule has 5 nitrogen and oxygen atoms in total. The molecule has 0 bridgehead atoms. The smallest absolute Gasteiger partial charge is 0.315 e. The van der Waals surface area contributed by atoms with E-state index >= 15 is 0 Å². The molecule has 1 saturated carbocycles. The Morgan fingerprint density at radius 1 is 1.47 bits per heavy atom. The highest BCUT2D eigenvalue weighted by atomic mass is 16.6. The molecule has 0 heterocycles. The Morgan fingerprint density at radius 2 is 2.21 bits per heavy atom. The zero-order chi connectivity index (χ0) is 13.8. The van der Waals surface area contributed by atoms with Crippen LogP contribution in [0, 0.1) is 10.1 Å². The lowest BCUT2D eigenvalue weighted by Crippen LogP contribution is -2.37. The molecule has 1 N–H and O–H groups in total. The predicted molar refractivity (Wildman–Crippen MR) is 77.9 cm³/mol. The number of anilines is 2. The molecule has 1 aliphatic carbocycles. The van der Waals surface area contributed by atoms with Gasteiger partial charge in [-0.15, -0.1) is 0 Å². The zero-order valence-electron chi connectivity index (χ0n) is 11.6. The molecule has 0 saturated heterocycles. The summed E-state index contributed by atoms with van der Waals surface area (Å²) < 4.78 is 0. The summed E-state index contributed by atoms with van der Waals surface area (Å²) >= 11 is 0. The van der Waals surface area contributed by atoms with Crippen molar-refractivity contribution in [3.05, 3.63) is 28.3 Å². The van der Waals surface area contributed by atoms with Crippen molar-refractivity contribution >= 4 is 17.1 Å². The first-order chi connectivity index (χ1) is 9.15. The number of rotatable bonds is 6. The minimum Gasteiger partial charge on any atom is -0.379 e. The standard InChI is InChI=1S/C14H21N3O2/c1-3-10-15-12-8-5-9-13(14(12)17(18)19)16(2)11-6-4-7-11/h5,8-9,11,15H,3-4,6-7,10H2,1-2H3. The quantitative estimate of drug-likeness (QED) is 0.631. The number of nitro groups is 1. The summed E-state index contributed by atoms with van der Waals surface area (Å²) in [6, 6.07) is 5.95. The Hall–Kier alpha value is -1.78. The lowest BCUT2D eigenvalue weighted by Gasteiger charge is -2.36. The van der Waals surface area contributed by atoms with E-state index in [1.807, 2.05) is 26.1 Å². The van der Waals surface area contributed by atoms with Gasteiger partial charge in [0.15, 0.2) is 0 Å². The first-order valence-electron chi connectivity index (χ1n) is 6.89. The van der Waals surface area contributed by atoms with Gasteiger partial charge in [0, 0.05) is 19.6 Å². The predicted octanol–water partition coefficient (Wildman–Crippen LogP) is 3.41. The lowest BCUT2D eigenvalue weighted by molar-refractivity contribution is -0.383. The number of para-hydroxylation sites is 1. The molecule has 1 fully saturated rings. The van der Waals surface area contributed by atoms with Crippen LogP contribution in [0.4, 0.5) is 17.1 Å². The molecule has 0 unspecified atom stereocenters. The molecule has 5 heteroatoms. The van der Waals surface area contributed by atoms with E-state index in [4.69, 9.17) is 0 Å². The van der Waals surface area contributed by atoms with E-state index in [0.717, 1.165) is 31.5 Å². The van der Waals surface area contributed by atoms with E-state index in [9.17, 15) is 10.1 Å². The zero-order valence-corrected chi connectivity index (χ0v) is 11.6. The normalized spacial score (nSPS) is 14.8. The third-order valence-electron chi connectivity index (χ3n) is 3.77. The summed E-state index contributed by atoms with van der Waals surface area (Å²) in [5.74, 6) is 0. The van der Waals surface area contributed by atoms with Gasteiger partial charge in [0.05, 0.1) is 4.92 Å². The van der Waals surface area contributed by atoms with E-state index in [1.54, 1.807) is 6.07 Å². The fourth-order valence-electron chi connectivity index (χ4n) is 2.38. The van der Waals surface area contributed by atoms with Crippen LogP contribution in [-0.2, 0) is 0 Å². The maximum atomic E-state index is 11.4. The molecular formula is C14H21N3O2. The SMILES string of the molecule is CCCNc1cccc(N(C)C2CCC2)c1[N+](=O)[O-]. The van der Waals surface area contributed by atoms with E-state index in [0.29, 0.717) is 11.7 Å². The highest BCUT2D eigenvalue weighted by Crippen LogP contribution is 2.38. The van der Waals surface area contributed by atoms with Crippen molar-refractivity contribution in [3.63, 3.8) is 0 Å². The fourth-order valence-corrected chi connectivity index (χ4v) is 2.38. The first-order valence-corrected chi connectivity index (χ1v) is 6.89. The molecule has 0 aromatic heterocycles. The van der Waals surface area contributed by atoms with Crippen LogP contribution < -0.4 is 10.2 Å². The molecule has 0 aliphatic heterocycles. The van der Waals surface area contributed by atoms with Crippen LogP contribution >= 0.6 is 0 Å². The second kappa shape index (κ2) is 5.91. The Kier molecular flexibility index (Phi) is 4.24. The summed E-state index contributed by atoms with van der Waals surface area (Å²) in [5, 5.41) is 14.5. The van der Waals surface area contributed by atoms with Crippen molar-refractivity contribution in [1.29, 1.82) is 0 Å². The van der Waals surface area contributed by atoms with Gasteiger partial charge < -0.3 is 10.2 Å². The molecule has 0 atom stereocenters. The van der Waals surface area contributed by atoms with Crippen LogP contribution in [0.25, 0.3) is 0 Å². The van der Waals surface area contributed by atoms with Gasteiger partial charge in [-0.2, -0.15) is 0 Å². The molecule has 0 amide bonds. The highest BCUT2D eigenvalue weighted by Gasteiger charge is 2.28. The Morgan fingerprint density at radius 3 is 2.74 bits per heavy atom. The minimum absolute atomic E-state index is 0.199. The van der Waals surface area contributed by atoms with Gasteiger partial charge in [-0.05, 0) is 37.8 Å². The van der Waals surface area contributed by atoms with Gasteiger partial charge >= 0.3 is 5.69 Å². The summed E-state index contributed by atoms with van der Waals surface area (Å²) in [7, 11) is 1.95. The van der Waals surface area contributed by atoms with Crippen molar-refractivity contribution in [3.8, 4) is 0 Å². The number of hydrogen-bond donors (Lipinski definition) is 1. The van der Waals surface area contributed by atoms with Gasteiger partial charge in [0.2, 0.25) is 0 Å². The fraction of sp³-hybridized carbons (Fsp3) is 0.571. The molecule has 1 aromatic carbocycles. The number of nitrogens with one attached hydrogen (secondary N) is 1. The monoisotopic (exact) mass is 263 g/mol. The molecule has 1 aromatic rings. The first kappa shape index (κ1) is 13.6. The lowest BCUT2D eigenvalue weighted by atomic mass is 9.91. The van der Waals surface area contributed by atoms with Crippen molar-refractivity contribution in [2.75, 3.05) is 23.8 Å². The van der Waals surface area contributed by atoms with E-state index in [-0.39, 0.29) is 10.6 Å². The van der Waals surface area contributed by atoms with Crippen LogP contribution in [-0.4, -0.2) is 24.6 Å².